The van der Waals surface area contributed by atoms with Gasteiger partial charge in [-0.3, -0.25) is 4.79 Å². The van der Waals surface area contributed by atoms with Gasteiger partial charge in [0.15, 0.2) is 11.5 Å². The number of nitrogens with one attached hydrogen (secondary N) is 2. The number of ether oxygens (including phenoxy) is 2. The summed E-state index contributed by atoms with van der Waals surface area (Å²) in [6.45, 7) is 1.39. The largest absolute Gasteiger partial charge is 0.493 e. The van der Waals surface area contributed by atoms with Crippen molar-refractivity contribution in [3.63, 3.8) is 0 Å². The highest BCUT2D eigenvalue weighted by molar-refractivity contribution is 6.31. The van der Waals surface area contributed by atoms with Gasteiger partial charge in [0.2, 0.25) is 11.5 Å². The molecule has 0 saturated carbocycles. The van der Waals surface area contributed by atoms with Crippen LogP contribution in [0.15, 0.2) is 16.8 Å². The molecule has 2 rings (SSSR count). The number of nitrogen functional groups attached to an aromatic ring is 1. The lowest BCUT2D eigenvalue weighted by molar-refractivity contribution is 0.0944. The van der Waals surface area contributed by atoms with E-state index < -0.39 is 5.91 Å². The average Bonchev–Trinajstić information content (AvgIpc) is 3.01. The molecule has 1 amide bonds. The summed E-state index contributed by atoms with van der Waals surface area (Å²) in [7, 11) is 3.11. The highest BCUT2D eigenvalue weighted by Gasteiger charge is 2.15. The molecule has 24 heavy (non-hydrogen) atoms. The molecule has 0 bridgehead atoms. The summed E-state index contributed by atoms with van der Waals surface area (Å²) in [6.07, 6.45) is 0. The molecular formula is C14H18ClN5O4. The Hall–Kier alpha value is -2.52. The lowest BCUT2D eigenvalue weighted by atomic mass is 10.2. The molecule has 10 heteroatoms. The Morgan fingerprint density at radius 2 is 1.96 bits per heavy atom. The van der Waals surface area contributed by atoms with Crippen molar-refractivity contribution in [2.45, 2.75) is 6.54 Å². The van der Waals surface area contributed by atoms with Gasteiger partial charge >= 0.3 is 0 Å². The third kappa shape index (κ3) is 4.27. The summed E-state index contributed by atoms with van der Waals surface area (Å²) in [5.41, 5.74) is 6.26. The number of hydrogen-bond acceptors (Lipinski definition) is 8. The molecule has 1 aromatic carbocycles. The smallest absolute Gasteiger partial charge is 0.277 e. The van der Waals surface area contributed by atoms with Crippen LogP contribution in [0.2, 0.25) is 5.02 Å². The number of carbonyl (C=O) groups excluding carboxylic acids is 1. The Balaban J connectivity index is 1.80. The van der Waals surface area contributed by atoms with Crippen LogP contribution >= 0.6 is 11.6 Å². The summed E-state index contributed by atoms with van der Waals surface area (Å²) in [5, 5.41) is 13.1. The van der Waals surface area contributed by atoms with Gasteiger partial charge in [-0.1, -0.05) is 11.6 Å². The highest BCUT2D eigenvalue weighted by atomic mass is 35.5. The number of nitrogens with zero attached hydrogens (tertiary/aromatic N) is 2. The van der Waals surface area contributed by atoms with Gasteiger partial charge in [0.25, 0.3) is 5.91 Å². The van der Waals surface area contributed by atoms with E-state index in [4.69, 9.17) is 26.8 Å². The number of aromatic nitrogens is 2. The molecule has 1 aromatic heterocycles. The van der Waals surface area contributed by atoms with E-state index in [0.717, 1.165) is 5.56 Å². The molecule has 130 valence electrons. The zero-order chi connectivity index (χ0) is 17.5. The summed E-state index contributed by atoms with van der Waals surface area (Å²) >= 11 is 6.20. The van der Waals surface area contributed by atoms with Gasteiger partial charge in [0, 0.05) is 30.7 Å². The molecule has 0 aliphatic heterocycles. The number of anilines is 1. The molecule has 0 radical (unpaired) electrons. The molecule has 4 N–H and O–H groups in total. The van der Waals surface area contributed by atoms with Gasteiger partial charge in [0.05, 0.1) is 14.2 Å². The Bertz CT molecular complexity index is 706. The van der Waals surface area contributed by atoms with Crippen molar-refractivity contribution < 1.29 is 18.9 Å². The number of halogens is 1. The predicted octanol–water partition coefficient (Wildman–Crippen LogP) is 0.842. The first-order chi connectivity index (χ1) is 11.6. The minimum Gasteiger partial charge on any atom is -0.493 e. The molecule has 9 nitrogen and oxygen atoms in total. The van der Waals surface area contributed by atoms with Crippen LogP contribution in [0.25, 0.3) is 0 Å². The van der Waals surface area contributed by atoms with E-state index in [2.05, 4.69) is 25.6 Å². The van der Waals surface area contributed by atoms with Crippen LogP contribution in [0.3, 0.4) is 0 Å². The van der Waals surface area contributed by atoms with E-state index >= 15 is 0 Å². The number of amides is 1. The summed E-state index contributed by atoms with van der Waals surface area (Å²) in [5.74, 6) is 0.676. The van der Waals surface area contributed by atoms with Crippen LogP contribution in [-0.2, 0) is 6.54 Å². The third-order valence-corrected chi connectivity index (χ3v) is 3.54. The predicted molar refractivity (Wildman–Crippen MR) is 87.3 cm³/mol. The van der Waals surface area contributed by atoms with Crippen LogP contribution in [0, 0.1) is 0 Å². The molecule has 0 unspecified atom stereocenters. The third-order valence-electron chi connectivity index (χ3n) is 3.18. The molecule has 0 aliphatic carbocycles. The van der Waals surface area contributed by atoms with E-state index in [-0.39, 0.29) is 11.5 Å². The van der Waals surface area contributed by atoms with E-state index in [1.165, 1.54) is 0 Å². The second-order valence-corrected chi connectivity index (χ2v) is 5.14. The molecule has 0 fully saturated rings. The normalized spacial score (nSPS) is 10.5. The van der Waals surface area contributed by atoms with Crippen molar-refractivity contribution in [1.29, 1.82) is 0 Å². The number of benzene rings is 1. The molecule has 0 aliphatic rings. The summed E-state index contributed by atoms with van der Waals surface area (Å²) in [4.78, 5) is 11.7. The van der Waals surface area contributed by atoms with E-state index in [0.29, 0.717) is 36.2 Å². The first-order valence-electron chi connectivity index (χ1n) is 7.04. The second kappa shape index (κ2) is 8.37. The zero-order valence-electron chi connectivity index (χ0n) is 13.3. The zero-order valence-corrected chi connectivity index (χ0v) is 14.0. The molecule has 2 aromatic rings. The Morgan fingerprint density at radius 3 is 2.58 bits per heavy atom. The first-order valence-corrected chi connectivity index (χ1v) is 7.42. The molecule has 0 atom stereocenters. The highest BCUT2D eigenvalue weighted by Crippen LogP contribution is 2.32. The van der Waals surface area contributed by atoms with E-state index in [1.54, 1.807) is 26.4 Å². The topological polar surface area (TPSA) is 125 Å². The van der Waals surface area contributed by atoms with Gasteiger partial charge in [-0.05, 0) is 21.9 Å². The van der Waals surface area contributed by atoms with Crippen LogP contribution < -0.4 is 25.8 Å². The number of methoxy groups -OCH3 is 2. The lowest BCUT2D eigenvalue weighted by Crippen LogP contribution is -2.32. The maximum atomic E-state index is 11.7. The van der Waals surface area contributed by atoms with Gasteiger partial charge in [0.1, 0.15) is 0 Å². The SMILES string of the molecule is COc1cc(Cl)c(CNCCNC(=O)c2nonc2N)cc1OC. The van der Waals surface area contributed by atoms with Gasteiger partial charge in [-0.2, -0.15) is 0 Å². The summed E-state index contributed by atoms with van der Waals surface area (Å²) in [6, 6.07) is 3.49. The fraction of sp³-hybridized carbons (Fsp3) is 0.357. The number of nitrogens with two attached hydrogens (primary N) is 1. The van der Waals surface area contributed by atoms with Crippen LogP contribution in [0.5, 0.6) is 11.5 Å². The van der Waals surface area contributed by atoms with Crippen molar-refractivity contribution in [2.75, 3.05) is 33.0 Å². The molecular weight excluding hydrogens is 338 g/mol. The van der Waals surface area contributed by atoms with Crippen molar-refractivity contribution in [1.82, 2.24) is 20.9 Å². The lowest BCUT2D eigenvalue weighted by Gasteiger charge is -2.12. The first kappa shape index (κ1) is 17.8. The standard InChI is InChI=1S/C14H18ClN5O4/c1-22-10-5-8(9(15)6-11(10)23-2)7-17-3-4-18-14(21)12-13(16)20-24-19-12/h5-6,17H,3-4,7H2,1-2H3,(H2,16,20)(H,18,21). The molecule has 0 spiro atoms. The minimum absolute atomic E-state index is 0.0297. The summed E-state index contributed by atoms with van der Waals surface area (Å²) < 4.78 is 14.8. The number of carbonyl (C=O) groups is 1. The Kier molecular flexibility index (Phi) is 6.21. The quantitative estimate of drug-likeness (QED) is 0.595. The Labute approximate surface area is 143 Å². The maximum Gasteiger partial charge on any atom is 0.277 e. The second-order valence-electron chi connectivity index (χ2n) is 4.73. The van der Waals surface area contributed by atoms with Crippen LogP contribution in [-0.4, -0.2) is 43.5 Å². The van der Waals surface area contributed by atoms with E-state index in [9.17, 15) is 4.79 Å². The fourth-order valence-electron chi connectivity index (χ4n) is 1.96. The number of rotatable bonds is 8. The maximum absolute atomic E-state index is 11.7. The van der Waals surface area contributed by atoms with Crippen molar-refractivity contribution in [3.05, 3.63) is 28.4 Å². The van der Waals surface area contributed by atoms with Gasteiger partial charge in [-0.25, -0.2) is 4.63 Å². The Morgan fingerprint density at radius 1 is 1.25 bits per heavy atom. The fourth-order valence-corrected chi connectivity index (χ4v) is 2.18. The van der Waals surface area contributed by atoms with Crippen LogP contribution in [0.1, 0.15) is 16.1 Å². The molecule has 1 heterocycles. The van der Waals surface area contributed by atoms with Crippen molar-refractivity contribution in [3.8, 4) is 11.5 Å². The van der Waals surface area contributed by atoms with Crippen molar-refractivity contribution >= 4 is 23.3 Å². The van der Waals surface area contributed by atoms with Gasteiger partial charge in [-0.15, -0.1) is 0 Å². The van der Waals surface area contributed by atoms with E-state index in [1.807, 2.05) is 0 Å². The number of hydrogen-bond donors (Lipinski definition) is 3. The average molecular weight is 356 g/mol. The monoisotopic (exact) mass is 355 g/mol. The van der Waals surface area contributed by atoms with Crippen LogP contribution in [0.4, 0.5) is 5.82 Å². The minimum atomic E-state index is -0.445. The molecule has 0 saturated heterocycles. The van der Waals surface area contributed by atoms with Gasteiger partial charge < -0.3 is 25.8 Å². The van der Waals surface area contributed by atoms with Crippen molar-refractivity contribution in [2.24, 2.45) is 0 Å².